The van der Waals surface area contributed by atoms with Crippen molar-refractivity contribution >= 4 is 40.0 Å². The number of amides is 2. The average Bonchev–Trinajstić information content (AvgIpc) is 2.76. The van der Waals surface area contributed by atoms with Gasteiger partial charge in [0.05, 0.1) is 11.4 Å². The molecule has 0 atom stereocenters. The molecule has 4 nitrogen and oxygen atoms in total. The van der Waals surface area contributed by atoms with Gasteiger partial charge in [0.15, 0.2) is 5.78 Å². The standard InChI is InChI=1S/C10H9NO3S2/c12-7(8-2-1-4-15-8)6-11-9(13)3-5-16-10(11)14/h1-2,4H,3,5-6H2. The van der Waals surface area contributed by atoms with Crippen LogP contribution in [0.4, 0.5) is 4.79 Å². The molecule has 1 fully saturated rings. The van der Waals surface area contributed by atoms with Crippen LogP contribution in [0.5, 0.6) is 0 Å². The second-order valence-electron chi connectivity index (χ2n) is 3.24. The molecule has 0 aliphatic carbocycles. The molecule has 0 bridgehead atoms. The van der Waals surface area contributed by atoms with E-state index < -0.39 is 0 Å². The van der Waals surface area contributed by atoms with Gasteiger partial charge in [0, 0.05) is 12.2 Å². The monoisotopic (exact) mass is 255 g/mol. The van der Waals surface area contributed by atoms with Gasteiger partial charge in [0.2, 0.25) is 5.91 Å². The summed E-state index contributed by atoms with van der Waals surface area (Å²) in [5, 5.41) is 1.48. The van der Waals surface area contributed by atoms with Crippen LogP contribution in [-0.4, -0.2) is 34.1 Å². The van der Waals surface area contributed by atoms with Gasteiger partial charge in [-0.1, -0.05) is 17.8 Å². The van der Waals surface area contributed by atoms with Crippen LogP contribution in [0.25, 0.3) is 0 Å². The zero-order valence-corrected chi connectivity index (χ0v) is 9.97. The number of ketones is 1. The van der Waals surface area contributed by atoms with Crippen LogP contribution in [0, 0.1) is 0 Å². The first-order valence-electron chi connectivity index (χ1n) is 4.72. The number of Topliss-reactive ketones (excluding diaryl/α,β-unsaturated/α-hetero) is 1. The molecule has 1 aromatic heterocycles. The Morgan fingerprint density at radius 3 is 2.88 bits per heavy atom. The highest BCUT2D eigenvalue weighted by Crippen LogP contribution is 2.19. The molecule has 16 heavy (non-hydrogen) atoms. The van der Waals surface area contributed by atoms with E-state index in [-0.39, 0.29) is 23.5 Å². The van der Waals surface area contributed by atoms with E-state index in [4.69, 9.17) is 0 Å². The third-order valence-corrected chi connectivity index (χ3v) is 3.95. The lowest BCUT2D eigenvalue weighted by molar-refractivity contribution is -0.127. The van der Waals surface area contributed by atoms with E-state index in [9.17, 15) is 14.4 Å². The van der Waals surface area contributed by atoms with Crippen LogP contribution >= 0.6 is 23.1 Å². The van der Waals surface area contributed by atoms with E-state index in [1.54, 1.807) is 17.5 Å². The summed E-state index contributed by atoms with van der Waals surface area (Å²) in [6.45, 7) is -0.134. The van der Waals surface area contributed by atoms with Crippen LogP contribution in [0.1, 0.15) is 16.1 Å². The molecule has 2 rings (SSSR count). The molecule has 2 heterocycles. The van der Waals surface area contributed by atoms with Crippen LogP contribution in [0.2, 0.25) is 0 Å². The summed E-state index contributed by atoms with van der Waals surface area (Å²) in [6, 6.07) is 3.46. The number of thioether (sulfide) groups is 1. The molecule has 0 spiro atoms. The van der Waals surface area contributed by atoms with Gasteiger partial charge in [-0.2, -0.15) is 0 Å². The van der Waals surface area contributed by atoms with Gasteiger partial charge < -0.3 is 0 Å². The number of imide groups is 1. The Morgan fingerprint density at radius 2 is 2.25 bits per heavy atom. The molecule has 0 radical (unpaired) electrons. The maximum absolute atomic E-state index is 11.7. The highest BCUT2D eigenvalue weighted by atomic mass is 32.2. The minimum Gasteiger partial charge on any atom is -0.291 e. The fraction of sp³-hybridized carbons (Fsp3) is 0.300. The van der Waals surface area contributed by atoms with Crippen LogP contribution in [0.15, 0.2) is 17.5 Å². The van der Waals surface area contributed by atoms with E-state index in [0.29, 0.717) is 17.1 Å². The number of thiophene rings is 1. The Labute approximate surface area is 101 Å². The molecule has 84 valence electrons. The summed E-state index contributed by atoms with van der Waals surface area (Å²) < 4.78 is 0. The van der Waals surface area contributed by atoms with E-state index in [1.165, 1.54) is 11.3 Å². The first-order chi connectivity index (χ1) is 7.68. The number of carbonyl (C=O) groups is 3. The number of rotatable bonds is 3. The minimum absolute atomic E-state index is 0.134. The lowest BCUT2D eigenvalue weighted by atomic mass is 10.3. The van der Waals surface area contributed by atoms with Crippen molar-refractivity contribution in [1.82, 2.24) is 4.90 Å². The van der Waals surface area contributed by atoms with Crippen LogP contribution in [0.3, 0.4) is 0 Å². The summed E-state index contributed by atoms with van der Waals surface area (Å²) in [4.78, 5) is 36.2. The van der Waals surface area contributed by atoms with Crippen molar-refractivity contribution in [2.45, 2.75) is 6.42 Å². The molecule has 6 heteroatoms. The summed E-state index contributed by atoms with van der Waals surface area (Å²) in [7, 11) is 0. The zero-order chi connectivity index (χ0) is 11.5. The molecule has 2 amide bonds. The second-order valence-corrected chi connectivity index (χ2v) is 5.24. The molecule has 1 aliphatic heterocycles. The topological polar surface area (TPSA) is 54.5 Å². The fourth-order valence-corrected chi connectivity index (χ4v) is 2.78. The molecular weight excluding hydrogens is 246 g/mol. The highest BCUT2D eigenvalue weighted by molar-refractivity contribution is 8.13. The fourth-order valence-electron chi connectivity index (χ4n) is 1.35. The number of nitrogens with zero attached hydrogens (tertiary/aromatic N) is 1. The first kappa shape index (κ1) is 11.3. The van der Waals surface area contributed by atoms with Gasteiger partial charge in [0.25, 0.3) is 5.24 Å². The van der Waals surface area contributed by atoms with E-state index in [1.807, 2.05) is 0 Å². The second kappa shape index (κ2) is 4.80. The van der Waals surface area contributed by atoms with Gasteiger partial charge in [0.1, 0.15) is 0 Å². The molecule has 0 N–H and O–H groups in total. The molecule has 0 aromatic carbocycles. The van der Waals surface area contributed by atoms with E-state index in [0.717, 1.165) is 16.7 Å². The Balaban J connectivity index is 2.06. The van der Waals surface area contributed by atoms with Gasteiger partial charge in [-0.15, -0.1) is 11.3 Å². The van der Waals surface area contributed by atoms with Crippen molar-refractivity contribution in [2.24, 2.45) is 0 Å². The lowest BCUT2D eigenvalue weighted by Crippen LogP contribution is -2.41. The minimum atomic E-state index is -0.318. The third-order valence-electron chi connectivity index (χ3n) is 2.16. The molecule has 0 saturated carbocycles. The SMILES string of the molecule is O=C(CN1C(=O)CCSC1=O)c1cccs1. The number of hydrogen-bond acceptors (Lipinski definition) is 5. The zero-order valence-electron chi connectivity index (χ0n) is 8.34. The van der Waals surface area contributed by atoms with Crippen molar-refractivity contribution in [3.63, 3.8) is 0 Å². The smallest absolute Gasteiger partial charge is 0.288 e. The molecular formula is C10H9NO3S2. The van der Waals surface area contributed by atoms with Crippen molar-refractivity contribution in [1.29, 1.82) is 0 Å². The predicted octanol–water partition coefficient (Wildman–Crippen LogP) is 2.02. The normalized spacial score (nSPS) is 16.6. The van der Waals surface area contributed by atoms with Crippen molar-refractivity contribution in [3.05, 3.63) is 22.4 Å². The van der Waals surface area contributed by atoms with E-state index in [2.05, 4.69) is 0 Å². The van der Waals surface area contributed by atoms with E-state index >= 15 is 0 Å². The van der Waals surface area contributed by atoms with Crippen molar-refractivity contribution in [2.75, 3.05) is 12.3 Å². The maximum atomic E-state index is 11.7. The highest BCUT2D eigenvalue weighted by Gasteiger charge is 2.28. The van der Waals surface area contributed by atoms with Gasteiger partial charge in [-0.25, -0.2) is 0 Å². The Bertz CT molecular complexity index is 411. The van der Waals surface area contributed by atoms with Crippen LogP contribution < -0.4 is 0 Å². The van der Waals surface area contributed by atoms with Crippen molar-refractivity contribution in [3.8, 4) is 0 Å². The number of hydrogen-bond donors (Lipinski definition) is 0. The summed E-state index contributed by atoms with van der Waals surface area (Å²) >= 11 is 2.40. The van der Waals surface area contributed by atoms with Crippen molar-refractivity contribution < 1.29 is 14.4 Å². The summed E-state index contributed by atoms with van der Waals surface area (Å²) in [5.41, 5.74) is 0. The predicted molar refractivity (Wildman–Crippen MR) is 62.8 cm³/mol. The first-order valence-corrected chi connectivity index (χ1v) is 6.59. The largest absolute Gasteiger partial charge is 0.291 e. The summed E-state index contributed by atoms with van der Waals surface area (Å²) in [5.74, 6) is 0.0781. The lowest BCUT2D eigenvalue weighted by Gasteiger charge is -2.22. The van der Waals surface area contributed by atoms with Gasteiger partial charge >= 0.3 is 0 Å². The third kappa shape index (κ3) is 2.33. The molecule has 1 aromatic rings. The Kier molecular flexibility index (Phi) is 3.40. The molecule has 1 aliphatic rings. The average molecular weight is 255 g/mol. The molecule has 0 unspecified atom stereocenters. The number of carbonyl (C=O) groups excluding carboxylic acids is 3. The van der Waals surface area contributed by atoms with Gasteiger partial charge in [-0.3, -0.25) is 19.3 Å². The summed E-state index contributed by atoms with van der Waals surface area (Å²) in [6.07, 6.45) is 0.328. The van der Waals surface area contributed by atoms with Gasteiger partial charge in [-0.05, 0) is 11.4 Å². The quantitative estimate of drug-likeness (QED) is 0.775. The molecule has 1 saturated heterocycles. The van der Waals surface area contributed by atoms with Crippen LogP contribution in [-0.2, 0) is 4.79 Å². The maximum Gasteiger partial charge on any atom is 0.288 e. The Hall–Kier alpha value is -1.14. The Morgan fingerprint density at radius 1 is 1.44 bits per heavy atom.